The first kappa shape index (κ1) is 11.5. The van der Waals surface area contributed by atoms with Crippen LogP contribution in [0.15, 0.2) is 42.6 Å². The summed E-state index contributed by atoms with van der Waals surface area (Å²) in [5.74, 6) is 0.705. The maximum Gasteiger partial charge on any atom is 0.216 e. The number of aromatic nitrogens is 1. The second kappa shape index (κ2) is 4.87. The maximum absolute atomic E-state index is 11.8. The number of rotatable bonds is 4. The quantitative estimate of drug-likeness (QED) is 0.754. The highest BCUT2D eigenvalue weighted by Gasteiger charge is 2.09. The Morgan fingerprint density at radius 3 is 2.53 bits per heavy atom. The summed E-state index contributed by atoms with van der Waals surface area (Å²) in [6.45, 7) is 2.08. The van der Waals surface area contributed by atoms with Crippen LogP contribution in [0.5, 0.6) is 5.75 Å². The summed E-state index contributed by atoms with van der Waals surface area (Å²) in [6.07, 6.45) is 1.85. The maximum atomic E-state index is 11.8. The number of carbonyl (C=O) groups excluding carboxylic acids is 1. The van der Waals surface area contributed by atoms with Crippen molar-refractivity contribution in [1.82, 2.24) is 4.57 Å². The highest BCUT2D eigenvalue weighted by Crippen LogP contribution is 2.12. The Morgan fingerprint density at radius 1 is 1.24 bits per heavy atom. The van der Waals surface area contributed by atoms with Gasteiger partial charge >= 0.3 is 0 Å². The third-order valence-electron chi connectivity index (χ3n) is 2.62. The molecule has 1 aromatic heterocycles. The largest absolute Gasteiger partial charge is 0.485 e. The van der Waals surface area contributed by atoms with Crippen molar-refractivity contribution in [2.24, 2.45) is 7.05 Å². The zero-order valence-corrected chi connectivity index (χ0v) is 10.0. The van der Waals surface area contributed by atoms with E-state index in [0.717, 1.165) is 5.75 Å². The molecule has 0 spiro atoms. The highest BCUT2D eigenvalue weighted by molar-refractivity contribution is 5.95. The molecule has 2 aromatic rings. The summed E-state index contributed by atoms with van der Waals surface area (Å²) < 4.78 is 7.23. The summed E-state index contributed by atoms with van der Waals surface area (Å²) in [7, 11) is 1.85. The van der Waals surface area contributed by atoms with E-state index in [4.69, 9.17) is 4.74 Å². The molecule has 0 fully saturated rings. The van der Waals surface area contributed by atoms with Gasteiger partial charge in [0.25, 0.3) is 0 Å². The van der Waals surface area contributed by atoms with Crippen molar-refractivity contribution in [2.45, 2.75) is 6.92 Å². The minimum atomic E-state index is -0.0157. The van der Waals surface area contributed by atoms with Crippen LogP contribution in [0.25, 0.3) is 0 Å². The monoisotopic (exact) mass is 229 g/mol. The normalized spacial score (nSPS) is 10.2. The van der Waals surface area contributed by atoms with Crippen LogP contribution in [0.4, 0.5) is 0 Å². The fraction of sp³-hybridized carbons (Fsp3) is 0.214. The number of hydrogen-bond acceptors (Lipinski definition) is 2. The number of ketones is 1. The standard InChI is InChI=1S/C14H15NO2/c1-11-5-7-12(8-6-11)17-10-14(16)13-4-3-9-15(13)2/h3-9H,10H2,1-2H3. The van der Waals surface area contributed by atoms with Gasteiger partial charge in [0.05, 0.1) is 5.69 Å². The van der Waals surface area contributed by atoms with E-state index in [1.165, 1.54) is 5.56 Å². The average Bonchev–Trinajstić information content (AvgIpc) is 2.74. The van der Waals surface area contributed by atoms with Gasteiger partial charge in [-0.3, -0.25) is 4.79 Å². The van der Waals surface area contributed by atoms with E-state index < -0.39 is 0 Å². The Balaban J connectivity index is 1.97. The highest BCUT2D eigenvalue weighted by atomic mass is 16.5. The van der Waals surface area contributed by atoms with Gasteiger partial charge < -0.3 is 9.30 Å². The third-order valence-corrected chi connectivity index (χ3v) is 2.62. The molecule has 88 valence electrons. The molecule has 0 aliphatic carbocycles. The summed E-state index contributed by atoms with van der Waals surface area (Å²) in [6, 6.07) is 11.3. The molecular weight excluding hydrogens is 214 g/mol. The number of aryl methyl sites for hydroxylation is 2. The molecule has 2 rings (SSSR count). The molecule has 3 nitrogen and oxygen atoms in total. The number of hydrogen-bond donors (Lipinski definition) is 0. The summed E-state index contributed by atoms with van der Waals surface area (Å²) >= 11 is 0. The summed E-state index contributed by atoms with van der Waals surface area (Å²) in [5.41, 5.74) is 1.84. The van der Waals surface area contributed by atoms with Gasteiger partial charge in [-0.2, -0.15) is 0 Å². The molecule has 0 bridgehead atoms. The lowest BCUT2D eigenvalue weighted by molar-refractivity contribution is 0.0913. The van der Waals surface area contributed by atoms with E-state index in [-0.39, 0.29) is 12.4 Å². The Kier molecular flexibility index (Phi) is 3.28. The van der Waals surface area contributed by atoms with Crippen molar-refractivity contribution in [3.05, 3.63) is 53.9 Å². The Bertz CT molecular complexity index is 511. The van der Waals surface area contributed by atoms with Gasteiger partial charge in [-0.25, -0.2) is 0 Å². The number of nitrogens with zero attached hydrogens (tertiary/aromatic N) is 1. The lowest BCUT2D eigenvalue weighted by Gasteiger charge is -2.06. The Hall–Kier alpha value is -2.03. The predicted octanol–water partition coefficient (Wildman–Crippen LogP) is 2.60. The lowest BCUT2D eigenvalue weighted by atomic mass is 10.2. The fourth-order valence-electron chi connectivity index (χ4n) is 1.61. The van der Waals surface area contributed by atoms with E-state index in [1.54, 1.807) is 10.6 Å². The number of ether oxygens (including phenoxy) is 1. The molecule has 0 N–H and O–H groups in total. The molecule has 0 atom stereocenters. The van der Waals surface area contributed by atoms with Crippen LogP contribution in [-0.4, -0.2) is 17.0 Å². The average molecular weight is 229 g/mol. The zero-order chi connectivity index (χ0) is 12.3. The first-order valence-corrected chi connectivity index (χ1v) is 5.51. The van der Waals surface area contributed by atoms with Crippen molar-refractivity contribution in [3.63, 3.8) is 0 Å². The first-order chi connectivity index (χ1) is 8.16. The topological polar surface area (TPSA) is 31.2 Å². The Morgan fingerprint density at radius 2 is 1.94 bits per heavy atom. The smallest absolute Gasteiger partial charge is 0.216 e. The van der Waals surface area contributed by atoms with Crippen molar-refractivity contribution in [2.75, 3.05) is 6.61 Å². The molecule has 0 aliphatic rings. The molecule has 1 aromatic carbocycles. The van der Waals surface area contributed by atoms with Gasteiger partial charge in [0.1, 0.15) is 5.75 Å². The third kappa shape index (κ3) is 2.75. The number of benzene rings is 1. The number of carbonyl (C=O) groups is 1. The van der Waals surface area contributed by atoms with Crippen molar-refractivity contribution >= 4 is 5.78 Å². The van der Waals surface area contributed by atoms with E-state index in [2.05, 4.69) is 0 Å². The van der Waals surface area contributed by atoms with E-state index in [1.807, 2.05) is 50.5 Å². The van der Waals surface area contributed by atoms with E-state index in [0.29, 0.717) is 5.69 Å². The van der Waals surface area contributed by atoms with Crippen LogP contribution < -0.4 is 4.74 Å². The molecule has 0 unspecified atom stereocenters. The van der Waals surface area contributed by atoms with Crippen LogP contribution >= 0.6 is 0 Å². The summed E-state index contributed by atoms with van der Waals surface area (Å²) in [4.78, 5) is 11.8. The van der Waals surface area contributed by atoms with Gasteiger partial charge in [-0.05, 0) is 31.2 Å². The van der Waals surface area contributed by atoms with Crippen LogP contribution in [0.3, 0.4) is 0 Å². The molecule has 0 amide bonds. The van der Waals surface area contributed by atoms with Gasteiger partial charge in [-0.15, -0.1) is 0 Å². The molecule has 3 heteroatoms. The van der Waals surface area contributed by atoms with Crippen LogP contribution in [-0.2, 0) is 7.05 Å². The van der Waals surface area contributed by atoms with Crippen molar-refractivity contribution < 1.29 is 9.53 Å². The van der Waals surface area contributed by atoms with Crippen molar-refractivity contribution in [1.29, 1.82) is 0 Å². The second-order valence-corrected chi connectivity index (χ2v) is 4.03. The van der Waals surface area contributed by atoms with Gasteiger partial charge in [0, 0.05) is 13.2 Å². The van der Waals surface area contributed by atoms with Crippen LogP contribution in [0.2, 0.25) is 0 Å². The van der Waals surface area contributed by atoms with Gasteiger partial charge in [0.2, 0.25) is 5.78 Å². The fourth-order valence-corrected chi connectivity index (χ4v) is 1.61. The molecule has 1 heterocycles. The molecule has 0 saturated carbocycles. The Labute approximate surface area is 101 Å². The van der Waals surface area contributed by atoms with E-state index in [9.17, 15) is 4.79 Å². The molecule has 0 aliphatic heterocycles. The molecule has 17 heavy (non-hydrogen) atoms. The SMILES string of the molecule is Cc1ccc(OCC(=O)c2cccn2C)cc1. The molecule has 0 saturated heterocycles. The lowest BCUT2D eigenvalue weighted by Crippen LogP contribution is -2.14. The van der Waals surface area contributed by atoms with Crippen molar-refractivity contribution in [3.8, 4) is 5.75 Å². The predicted molar refractivity (Wildman–Crippen MR) is 66.4 cm³/mol. The number of Topliss-reactive ketones (excluding diaryl/α,β-unsaturated/α-hetero) is 1. The first-order valence-electron chi connectivity index (χ1n) is 5.51. The van der Waals surface area contributed by atoms with Crippen LogP contribution in [0, 0.1) is 6.92 Å². The van der Waals surface area contributed by atoms with Crippen LogP contribution in [0.1, 0.15) is 16.1 Å². The minimum absolute atomic E-state index is 0.0157. The van der Waals surface area contributed by atoms with Gasteiger partial charge in [-0.1, -0.05) is 17.7 Å². The minimum Gasteiger partial charge on any atom is -0.485 e. The zero-order valence-electron chi connectivity index (χ0n) is 10.0. The molecule has 0 radical (unpaired) electrons. The second-order valence-electron chi connectivity index (χ2n) is 4.03. The molecular formula is C14H15NO2. The van der Waals surface area contributed by atoms with E-state index >= 15 is 0 Å². The van der Waals surface area contributed by atoms with Gasteiger partial charge in [0.15, 0.2) is 6.61 Å². The summed E-state index contributed by atoms with van der Waals surface area (Å²) in [5, 5.41) is 0.